The largest absolute Gasteiger partial charge is 0.338 e. The molecule has 0 fully saturated rings. The van der Waals surface area contributed by atoms with E-state index in [0.717, 1.165) is 11.1 Å². The van der Waals surface area contributed by atoms with Crippen molar-refractivity contribution in [2.75, 3.05) is 0 Å². The molecule has 1 N–H and O–H groups in total. The van der Waals surface area contributed by atoms with E-state index in [1.807, 2.05) is 42.5 Å². The number of fused-ring (bicyclic) bond motifs is 4. The predicted molar refractivity (Wildman–Crippen MR) is 93.2 cm³/mol. The van der Waals surface area contributed by atoms with Crippen molar-refractivity contribution in [2.45, 2.75) is 0 Å². The Bertz CT molecular complexity index is 1090. The third-order valence-electron chi connectivity index (χ3n) is 4.86. The van der Waals surface area contributed by atoms with Crippen LogP contribution in [0.1, 0.15) is 20.7 Å². The average molecular weight is 327 g/mol. The van der Waals surface area contributed by atoms with Crippen molar-refractivity contribution < 1.29 is 9.59 Å². The van der Waals surface area contributed by atoms with Gasteiger partial charge in [-0.25, -0.2) is 4.98 Å². The number of ketones is 2. The molecule has 25 heavy (non-hydrogen) atoms. The summed E-state index contributed by atoms with van der Waals surface area (Å²) in [6, 6.07) is 7.25. The summed E-state index contributed by atoms with van der Waals surface area (Å²) in [7, 11) is 0. The van der Waals surface area contributed by atoms with Crippen molar-refractivity contribution in [2.24, 2.45) is 11.8 Å². The first-order valence-electron chi connectivity index (χ1n) is 8.10. The SMILES string of the molecule is O=C1c2ccc3[nH]c(-c4ccncc4)nc3c2C(=O)C2C=CC=CC12. The van der Waals surface area contributed by atoms with Crippen molar-refractivity contribution in [1.29, 1.82) is 0 Å². The molecule has 1 aromatic carbocycles. The Hall–Kier alpha value is -3.34. The van der Waals surface area contributed by atoms with Gasteiger partial charge in [-0.05, 0) is 24.3 Å². The molecule has 0 spiro atoms. The van der Waals surface area contributed by atoms with Crippen LogP contribution >= 0.6 is 0 Å². The summed E-state index contributed by atoms with van der Waals surface area (Å²) in [5.74, 6) is -0.237. The number of H-pyrrole nitrogens is 1. The van der Waals surface area contributed by atoms with Gasteiger partial charge in [-0.1, -0.05) is 24.3 Å². The molecule has 0 radical (unpaired) electrons. The molecular formula is C20H13N3O2. The van der Waals surface area contributed by atoms with E-state index >= 15 is 0 Å². The topological polar surface area (TPSA) is 75.7 Å². The first kappa shape index (κ1) is 14.0. The van der Waals surface area contributed by atoms with Crippen LogP contribution in [0.15, 0.2) is 61.0 Å². The van der Waals surface area contributed by atoms with Crippen molar-refractivity contribution in [1.82, 2.24) is 15.0 Å². The number of imidazole rings is 1. The van der Waals surface area contributed by atoms with Gasteiger partial charge >= 0.3 is 0 Å². The maximum Gasteiger partial charge on any atom is 0.173 e. The Kier molecular flexibility index (Phi) is 2.85. The number of allylic oxidation sites excluding steroid dienone is 4. The van der Waals surface area contributed by atoms with Crippen LogP contribution in [0.4, 0.5) is 0 Å². The molecule has 2 atom stereocenters. The number of nitrogens with one attached hydrogen (secondary N) is 1. The minimum atomic E-state index is -0.434. The van der Waals surface area contributed by atoms with Gasteiger partial charge in [0.05, 0.1) is 22.9 Å². The van der Waals surface area contributed by atoms with Crippen LogP contribution in [0.2, 0.25) is 0 Å². The van der Waals surface area contributed by atoms with Crippen molar-refractivity contribution in [3.05, 3.63) is 72.1 Å². The predicted octanol–water partition coefficient (Wildman–Crippen LogP) is 3.36. The molecule has 2 aliphatic carbocycles. The number of rotatable bonds is 1. The lowest BCUT2D eigenvalue weighted by atomic mass is 9.72. The van der Waals surface area contributed by atoms with Gasteiger partial charge in [0.25, 0.3) is 0 Å². The molecule has 0 amide bonds. The summed E-state index contributed by atoms with van der Waals surface area (Å²) in [5, 5.41) is 0. The van der Waals surface area contributed by atoms with E-state index in [-0.39, 0.29) is 11.6 Å². The Morgan fingerprint density at radius 3 is 2.36 bits per heavy atom. The number of Topliss-reactive ketones (excluding diaryl/α,β-unsaturated/α-hetero) is 2. The average Bonchev–Trinajstić information content (AvgIpc) is 3.10. The molecule has 0 bridgehead atoms. The van der Waals surface area contributed by atoms with E-state index in [9.17, 15) is 9.59 Å². The fraction of sp³-hybridized carbons (Fsp3) is 0.100. The molecule has 0 aliphatic heterocycles. The van der Waals surface area contributed by atoms with Gasteiger partial charge < -0.3 is 4.98 Å². The van der Waals surface area contributed by atoms with Crippen LogP contribution in [-0.4, -0.2) is 26.5 Å². The zero-order valence-corrected chi connectivity index (χ0v) is 13.1. The van der Waals surface area contributed by atoms with Crippen LogP contribution in [0.3, 0.4) is 0 Å². The zero-order chi connectivity index (χ0) is 17.0. The Morgan fingerprint density at radius 1 is 0.880 bits per heavy atom. The summed E-state index contributed by atoms with van der Waals surface area (Å²) in [4.78, 5) is 37.8. The standard InChI is InChI=1S/C20H13N3O2/c24-18-12-3-1-2-4-13(12)19(25)16-14(18)5-6-15-17(16)23-20(22-15)11-7-9-21-10-8-11/h1-10,12-13H,(H,22,23). The van der Waals surface area contributed by atoms with E-state index in [2.05, 4.69) is 15.0 Å². The molecule has 3 aromatic rings. The first-order chi connectivity index (χ1) is 12.2. The first-order valence-corrected chi connectivity index (χ1v) is 8.10. The molecule has 2 aromatic heterocycles. The summed E-state index contributed by atoms with van der Waals surface area (Å²) >= 11 is 0. The Morgan fingerprint density at radius 2 is 1.60 bits per heavy atom. The molecule has 0 saturated heterocycles. The van der Waals surface area contributed by atoms with Crippen LogP contribution in [-0.2, 0) is 0 Å². The number of benzene rings is 1. The van der Waals surface area contributed by atoms with Crippen molar-refractivity contribution >= 4 is 22.6 Å². The minimum absolute atomic E-state index is 0.0180. The van der Waals surface area contributed by atoms with Gasteiger partial charge in [-0.2, -0.15) is 0 Å². The lowest BCUT2D eigenvalue weighted by molar-refractivity contribution is 0.0803. The quantitative estimate of drug-likeness (QED) is 0.743. The summed E-state index contributed by atoms with van der Waals surface area (Å²) in [6.07, 6.45) is 10.7. The maximum atomic E-state index is 13.1. The van der Waals surface area contributed by atoms with Gasteiger partial charge in [0.1, 0.15) is 11.3 Å². The normalized spacial score (nSPS) is 21.4. The smallest absolute Gasteiger partial charge is 0.173 e. The number of hydrogen-bond acceptors (Lipinski definition) is 4. The minimum Gasteiger partial charge on any atom is -0.338 e. The van der Waals surface area contributed by atoms with E-state index in [4.69, 9.17) is 0 Å². The number of hydrogen-bond donors (Lipinski definition) is 1. The number of carbonyl (C=O) groups excluding carboxylic acids is 2. The van der Waals surface area contributed by atoms with Crippen molar-refractivity contribution in [3.63, 3.8) is 0 Å². The van der Waals surface area contributed by atoms with Crippen LogP contribution < -0.4 is 0 Å². The highest BCUT2D eigenvalue weighted by Gasteiger charge is 2.40. The van der Waals surface area contributed by atoms with Crippen LogP contribution in [0.25, 0.3) is 22.4 Å². The highest BCUT2D eigenvalue weighted by molar-refractivity contribution is 6.22. The summed E-state index contributed by atoms with van der Waals surface area (Å²) in [6.45, 7) is 0. The second kappa shape index (κ2) is 5.08. The molecule has 5 rings (SSSR count). The number of aromatic amines is 1. The number of aromatic nitrogens is 3. The van der Waals surface area contributed by atoms with Gasteiger partial charge in [-0.3, -0.25) is 14.6 Å². The molecule has 5 nitrogen and oxygen atoms in total. The van der Waals surface area contributed by atoms with Gasteiger partial charge in [-0.15, -0.1) is 0 Å². The number of carbonyl (C=O) groups is 2. The third-order valence-corrected chi connectivity index (χ3v) is 4.86. The molecular weight excluding hydrogens is 314 g/mol. The summed E-state index contributed by atoms with van der Waals surface area (Å²) in [5.41, 5.74) is 3.09. The molecule has 0 saturated carbocycles. The van der Waals surface area contributed by atoms with E-state index in [0.29, 0.717) is 22.5 Å². The zero-order valence-electron chi connectivity index (χ0n) is 13.1. The fourth-order valence-corrected chi connectivity index (χ4v) is 3.63. The molecule has 2 aliphatic rings. The lowest BCUT2D eigenvalue weighted by Gasteiger charge is -2.28. The molecule has 2 unspecified atom stereocenters. The fourth-order valence-electron chi connectivity index (χ4n) is 3.63. The van der Waals surface area contributed by atoms with E-state index in [1.54, 1.807) is 18.5 Å². The summed E-state index contributed by atoms with van der Waals surface area (Å²) < 4.78 is 0. The van der Waals surface area contributed by atoms with Crippen molar-refractivity contribution in [3.8, 4) is 11.4 Å². The monoisotopic (exact) mass is 327 g/mol. The maximum absolute atomic E-state index is 13.1. The Labute approximate surface area is 143 Å². The lowest BCUT2D eigenvalue weighted by Crippen LogP contribution is -2.35. The highest BCUT2D eigenvalue weighted by atomic mass is 16.1. The van der Waals surface area contributed by atoms with Crippen LogP contribution in [0.5, 0.6) is 0 Å². The molecule has 120 valence electrons. The third kappa shape index (κ3) is 1.96. The van der Waals surface area contributed by atoms with E-state index in [1.165, 1.54) is 0 Å². The number of pyridine rings is 1. The van der Waals surface area contributed by atoms with E-state index < -0.39 is 11.8 Å². The molecule has 2 heterocycles. The Balaban J connectivity index is 1.75. The second-order valence-electron chi connectivity index (χ2n) is 6.26. The van der Waals surface area contributed by atoms with Gasteiger partial charge in [0.15, 0.2) is 11.6 Å². The number of nitrogens with zero attached hydrogens (tertiary/aromatic N) is 2. The van der Waals surface area contributed by atoms with Gasteiger partial charge in [0, 0.05) is 23.5 Å². The highest BCUT2D eigenvalue weighted by Crippen LogP contribution is 2.37. The second-order valence-corrected chi connectivity index (χ2v) is 6.26. The van der Waals surface area contributed by atoms with Crippen LogP contribution in [0, 0.1) is 11.8 Å². The molecule has 5 heteroatoms. The van der Waals surface area contributed by atoms with Gasteiger partial charge in [0.2, 0.25) is 0 Å².